The van der Waals surface area contributed by atoms with Crippen LogP contribution in [0.1, 0.15) is 35.8 Å². The van der Waals surface area contributed by atoms with Gasteiger partial charge in [0.25, 0.3) is 0 Å². The van der Waals surface area contributed by atoms with Gasteiger partial charge >= 0.3 is 0 Å². The third-order valence-corrected chi connectivity index (χ3v) is 6.02. The van der Waals surface area contributed by atoms with Crippen molar-refractivity contribution in [3.05, 3.63) is 83.7 Å². The lowest BCUT2D eigenvalue weighted by Gasteiger charge is -2.34. The zero-order valence-electron chi connectivity index (χ0n) is 18.2. The second kappa shape index (κ2) is 9.27. The van der Waals surface area contributed by atoms with Crippen molar-refractivity contribution in [1.29, 1.82) is 0 Å². The Morgan fingerprint density at radius 3 is 2.10 bits per heavy atom. The lowest BCUT2D eigenvalue weighted by atomic mass is 9.98. The third kappa shape index (κ3) is 4.59. The van der Waals surface area contributed by atoms with Crippen LogP contribution in [0.3, 0.4) is 0 Å². The number of nitrogens with one attached hydrogen (secondary N) is 1. The van der Waals surface area contributed by atoms with Gasteiger partial charge in [-0.1, -0.05) is 24.3 Å². The molecule has 0 aliphatic carbocycles. The topological polar surface area (TPSA) is 55.7 Å². The van der Waals surface area contributed by atoms with Crippen LogP contribution in [-0.2, 0) is 11.3 Å². The minimum atomic E-state index is -0.256. The van der Waals surface area contributed by atoms with Gasteiger partial charge in [-0.15, -0.1) is 0 Å². The van der Waals surface area contributed by atoms with Crippen LogP contribution in [-0.4, -0.2) is 42.7 Å². The minimum absolute atomic E-state index is 0.00323. The number of aromatic nitrogens is 1. The predicted molar refractivity (Wildman–Crippen MR) is 120 cm³/mol. The number of fused-ring (bicyclic) bond motifs is 1. The summed E-state index contributed by atoms with van der Waals surface area (Å²) in [5.41, 5.74) is 3.25. The molecule has 0 unspecified atom stereocenters. The number of ether oxygens (including phenoxy) is 2. The Balaban J connectivity index is 1.52. The largest absolute Gasteiger partial charge is 0.497 e. The van der Waals surface area contributed by atoms with Crippen molar-refractivity contribution in [3.8, 4) is 11.5 Å². The van der Waals surface area contributed by atoms with E-state index in [-0.39, 0.29) is 18.0 Å². The Kier molecular flexibility index (Phi) is 6.28. The van der Waals surface area contributed by atoms with Crippen molar-refractivity contribution in [2.45, 2.75) is 25.6 Å². The smallest absolute Gasteiger partial charge is 0.234 e. The summed E-state index contributed by atoms with van der Waals surface area (Å²) in [6.07, 6.45) is 2.10. The monoisotopic (exact) mass is 419 g/mol. The summed E-state index contributed by atoms with van der Waals surface area (Å²) in [5.74, 6) is 1.57. The van der Waals surface area contributed by atoms with Crippen LogP contribution in [0.2, 0.25) is 0 Å². The predicted octanol–water partition coefficient (Wildman–Crippen LogP) is 3.79. The molecule has 4 rings (SSSR count). The second-order valence-corrected chi connectivity index (χ2v) is 7.82. The molecule has 1 amide bonds. The fraction of sp³-hybridized carbons (Fsp3) is 0.320. The van der Waals surface area contributed by atoms with Gasteiger partial charge in [0.1, 0.15) is 11.5 Å². The average molecular weight is 420 g/mol. The van der Waals surface area contributed by atoms with Crippen LogP contribution in [0.5, 0.6) is 11.5 Å². The van der Waals surface area contributed by atoms with Gasteiger partial charge in [0.15, 0.2) is 0 Å². The summed E-state index contributed by atoms with van der Waals surface area (Å²) in [4.78, 5) is 15.3. The van der Waals surface area contributed by atoms with E-state index >= 15 is 0 Å². The first-order valence-electron chi connectivity index (χ1n) is 10.6. The zero-order chi connectivity index (χ0) is 21.8. The van der Waals surface area contributed by atoms with E-state index in [1.807, 2.05) is 48.5 Å². The number of carbonyl (C=O) groups excluding carboxylic acids is 1. The van der Waals surface area contributed by atoms with Gasteiger partial charge in [-0.2, -0.15) is 0 Å². The minimum Gasteiger partial charge on any atom is -0.497 e. The number of methoxy groups -OCH3 is 2. The number of rotatable bonds is 7. The van der Waals surface area contributed by atoms with E-state index in [1.54, 1.807) is 14.2 Å². The summed E-state index contributed by atoms with van der Waals surface area (Å²) < 4.78 is 12.8. The van der Waals surface area contributed by atoms with Crippen molar-refractivity contribution in [2.24, 2.45) is 0 Å². The average Bonchev–Trinajstić information content (AvgIpc) is 3.29. The van der Waals surface area contributed by atoms with Crippen molar-refractivity contribution in [1.82, 2.24) is 14.8 Å². The summed E-state index contributed by atoms with van der Waals surface area (Å²) in [6.45, 7) is 4.27. The van der Waals surface area contributed by atoms with Gasteiger partial charge in [0.2, 0.25) is 5.91 Å². The van der Waals surface area contributed by atoms with Crippen LogP contribution in [0.4, 0.5) is 0 Å². The van der Waals surface area contributed by atoms with Crippen molar-refractivity contribution >= 4 is 5.91 Å². The first-order valence-corrected chi connectivity index (χ1v) is 10.6. The van der Waals surface area contributed by atoms with Gasteiger partial charge in [0.05, 0.1) is 26.8 Å². The quantitative estimate of drug-likeness (QED) is 0.633. The fourth-order valence-electron chi connectivity index (χ4n) is 4.19. The molecule has 1 atom stereocenters. The van der Waals surface area contributed by atoms with Crippen LogP contribution < -0.4 is 14.8 Å². The molecule has 0 fully saturated rings. The molecule has 3 aromatic rings. The molecule has 0 spiro atoms. The molecule has 1 aliphatic rings. The molecule has 0 saturated carbocycles. The third-order valence-electron chi connectivity index (χ3n) is 6.02. The molecule has 0 saturated heterocycles. The first-order chi connectivity index (χ1) is 15.1. The molecule has 1 aliphatic heterocycles. The van der Waals surface area contributed by atoms with E-state index < -0.39 is 0 Å². The highest BCUT2D eigenvalue weighted by molar-refractivity contribution is 5.79. The number of hydrogen-bond acceptors (Lipinski definition) is 4. The molecule has 31 heavy (non-hydrogen) atoms. The second-order valence-electron chi connectivity index (χ2n) is 7.82. The Labute approximate surface area is 183 Å². The Hall–Kier alpha value is -3.25. The van der Waals surface area contributed by atoms with E-state index in [9.17, 15) is 4.79 Å². The molecular weight excluding hydrogens is 390 g/mol. The highest BCUT2D eigenvalue weighted by atomic mass is 16.5. The zero-order valence-corrected chi connectivity index (χ0v) is 18.2. The fourth-order valence-corrected chi connectivity index (χ4v) is 4.19. The highest BCUT2D eigenvalue weighted by Gasteiger charge is 2.26. The molecule has 0 radical (unpaired) electrons. The SMILES string of the molecule is COc1ccc(C(NC(=O)CN2CCn3cccc3[C@@H]2C)c2ccc(OC)cc2)cc1. The van der Waals surface area contributed by atoms with Gasteiger partial charge in [-0.3, -0.25) is 9.69 Å². The van der Waals surface area contributed by atoms with E-state index in [0.29, 0.717) is 6.54 Å². The maximum absolute atomic E-state index is 13.1. The summed E-state index contributed by atoms with van der Waals surface area (Å²) in [5, 5.41) is 3.24. The lowest BCUT2D eigenvalue weighted by Crippen LogP contribution is -2.44. The number of benzene rings is 2. The van der Waals surface area contributed by atoms with Gasteiger partial charge < -0.3 is 19.4 Å². The maximum atomic E-state index is 13.1. The lowest BCUT2D eigenvalue weighted by molar-refractivity contribution is -0.123. The van der Waals surface area contributed by atoms with E-state index in [0.717, 1.165) is 35.7 Å². The van der Waals surface area contributed by atoms with Gasteiger partial charge in [-0.05, 0) is 54.4 Å². The highest BCUT2D eigenvalue weighted by Crippen LogP contribution is 2.27. The molecule has 0 bridgehead atoms. The number of hydrogen-bond donors (Lipinski definition) is 1. The van der Waals surface area contributed by atoms with Crippen LogP contribution in [0.25, 0.3) is 0 Å². The molecule has 2 aromatic carbocycles. The van der Waals surface area contributed by atoms with E-state index in [2.05, 4.69) is 40.0 Å². The maximum Gasteiger partial charge on any atom is 0.234 e. The standard InChI is InChI=1S/C25H29N3O3/c1-18-23-5-4-14-27(23)15-16-28(18)17-24(29)26-25(19-6-10-21(30-2)11-7-19)20-8-12-22(31-3)13-9-20/h4-14,18,25H,15-17H2,1-3H3,(H,26,29)/t18-/m0/s1. The Morgan fingerprint density at radius 1 is 0.968 bits per heavy atom. The van der Waals surface area contributed by atoms with Crippen molar-refractivity contribution < 1.29 is 14.3 Å². The summed E-state index contributed by atoms with van der Waals surface area (Å²) >= 11 is 0. The Bertz CT molecular complexity index is 964. The van der Waals surface area contributed by atoms with E-state index in [4.69, 9.17) is 9.47 Å². The van der Waals surface area contributed by atoms with Crippen LogP contribution in [0, 0.1) is 0 Å². The number of amides is 1. The Morgan fingerprint density at radius 2 is 1.55 bits per heavy atom. The molecular formula is C25H29N3O3. The normalized spacial score (nSPS) is 16.1. The van der Waals surface area contributed by atoms with Crippen molar-refractivity contribution in [2.75, 3.05) is 27.3 Å². The summed E-state index contributed by atoms with van der Waals surface area (Å²) in [6, 6.07) is 19.8. The number of nitrogens with zero attached hydrogens (tertiary/aromatic N) is 2. The molecule has 1 N–H and O–H groups in total. The van der Waals surface area contributed by atoms with Gasteiger partial charge in [0, 0.05) is 31.0 Å². The molecule has 1 aromatic heterocycles. The summed E-state index contributed by atoms with van der Waals surface area (Å²) in [7, 11) is 3.29. The van der Waals surface area contributed by atoms with Crippen LogP contribution in [0.15, 0.2) is 66.9 Å². The van der Waals surface area contributed by atoms with Crippen molar-refractivity contribution in [3.63, 3.8) is 0 Å². The molecule has 2 heterocycles. The number of carbonyl (C=O) groups is 1. The molecule has 6 nitrogen and oxygen atoms in total. The molecule has 6 heteroatoms. The van der Waals surface area contributed by atoms with Crippen LogP contribution >= 0.6 is 0 Å². The van der Waals surface area contributed by atoms with Gasteiger partial charge in [-0.25, -0.2) is 0 Å². The van der Waals surface area contributed by atoms with E-state index in [1.165, 1.54) is 5.69 Å². The molecule has 162 valence electrons. The first kappa shape index (κ1) is 21.0.